The van der Waals surface area contributed by atoms with Crippen molar-refractivity contribution in [1.29, 1.82) is 0 Å². The van der Waals surface area contributed by atoms with Crippen LogP contribution in [0.1, 0.15) is 39.0 Å². The zero-order valence-electron chi connectivity index (χ0n) is 11.0. The number of carbonyl (C=O) groups excluding carboxylic acids is 1. The molecule has 2 rings (SSSR count). The standard InChI is InChI=1S/C13H25N3O/c1-3-8-16(2)9-13(12(14)17,10-4-5-10)15-11-6-7-11/h10-11,15H,3-9H2,1-2H3,(H2,14,17). The molecule has 0 saturated heterocycles. The molecule has 0 spiro atoms. The summed E-state index contributed by atoms with van der Waals surface area (Å²) in [6.45, 7) is 3.94. The molecule has 98 valence electrons. The van der Waals surface area contributed by atoms with Crippen molar-refractivity contribution in [2.45, 2.75) is 50.6 Å². The lowest BCUT2D eigenvalue weighted by molar-refractivity contribution is -0.126. The van der Waals surface area contributed by atoms with Gasteiger partial charge in [0, 0.05) is 12.6 Å². The molecule has 3 N–H and O–H groups in total. The summed E-state index contributed by atoms with van der Waals surface area (Å²) in [5.41, 5.74) is 5.24. The number of nitrogens with one attached hydrogen (secondary N) is 1. The van der Waals surface area contributed by atoms with Crippen LogP contribution in [0.15, 0.2) is 0 Å². The highest BCUT2D eigenvalue weighted by molar-refractivity contribution is 5.86. The summed E-state index contributed by atoms with van der Waals surface area (Å²) in [7, 11) is 2.08. The normalized spacial score (nSPS) is 23.7. The van der Waals surface area contributed by atoms with Crippen LogP contribution in [0.5, 0.6) is 0 Å². The molecule has 17 heavy (non-hydrogen) atoms. The number of carbonyl (C=O) groups is 1. The Bertz CT molecular complexity index is 286. The van der Waals surface area contributed by atoms with E-state index >= 15 is 0 Å². The average molecular weight is 239 g/mol. The maximum Gasteiger partial charge on any atom is 0.239 e. The highest BCUT2D eigenvalue weighted by atomic mass is 16.1. The van der Waals surface area contributed by atoms with Crippen molar-refractivity contribution in [1.82, 2.24) is 10.2 Å². The van der Waals surface area contributed by atoms with Gasteiger partial charge in [-0.05, 0) is 51.6 Å². The third-order valence-corrected chi connectivity index (χ3v) is 3.88. The summed E-state index contributed by atoms with van der Waals surface area (Å²) in [5.74, 6) is 0.301. The molecule has 0 radical (unpaired) electrons. The van der Waals surface area contributed by atoms with E-state index in [4.69, 9.17) is 5.73 Å². The van der Waals surface area contributed by atoms with E-state index < -0.39 is 5.54 Å². The van der Waals surface area contributed by atoms with Gasteiger partial charge in [-0.3, -0.25) is 10.1 Å². The van der Waals surface area contributed by atoms with Gasteiger partial charge < -0.3 is 10.6 Å². The maximum absolute atomic E-state index is 11.9. The van der Waals surface area contributed by atoms with Gasteiger partial charge in [0.25, 0.3) is 0 Å². The van der Waals surface area contributed by atoms with Gasteiger partial charge in [0.15, 0.2) is 0 Å². The Morgan fingerprint density at radius 1 is 1.41 bits per heavy atom. The van der Waals surface area contributed by atoms with E-state index in [-0.39, 0.29) is 5.91 Å². The summed E-state index contributed by atoms with van der Waals surface area (Å²) >= 11 is 0. The number of rotatable bonds is 8. The molecule has 0 aromatic carbocycles. The Labute approximate surface area is 104 Å². The minimum absolute atomic E-state index is 0.158. The number of primary amides is 1. The Morgan fingerprint density at radius 3 is 2.47 bits per heavy atom. The highest BCUT2D eigenvalue weighted by Crippen LogP contribution is 2.42. The second kappa shape index (κ2) is 4.94. The average Bonchev–Trinajstić information content (AvgIpc) is 3.11. The van der Waals surface area contributed by atoms with E-state index in [1.54, 1.807) is 0 Å². The second-order valence-corrected chi connectivity index (χ2v) is 5.77. The third kappa shape index (κ3) is 2.99. The van der Waals surface area contributed by atoms with Crippen LogP contribution in [-0.2, 0) is 4.79 Å². The molecule has 0 aromatic rings. The molecule has 2 saturated carbocycles. The summed E-state index contributed by atoms with van der Waals surface area (Å²) in [6, 6.07) is 0.526. The van der Waals surface area contributed by atoms with Gasteiger partial charge in [0.05, 0.1) is 0 Å². The Balaban J connectivity index is 2.05. The molecule has 1 amide bonds. The monoisotopic (exact) mass is 239 g/mol. The van der Waals surface area contributed by atoms with Gasteiger partial charge in [-0.1, -0.05) is 6.92 Å². The van der Waals surface area contributed by atoms with Crippen molar-refractivity contribution < 1.29 is 4.79 Å². The van der Waals surface area contributed by atoms with Crippen LogP contribution >= 0.6 is 0 Å². The molecule has 0 bridgehead atoms. The van der Waals surface area contributed by atoms with E-state index in [2.05, 4.69) is 24.2 Å². The maximum atomic E-state index is 11.9. The second-order valence-electron chi connectivity index (χ2n) is 5.77. The fourth-order valence-corrected chi connectivity index (χ4v) is 2.70. The van der Waals surface area contributed by atoms with Crippen LogP contribution in [-0.4, -0.2) is 42.5 Å². The highest BCUT2D eigenvalue weighted by Gasteiger charge is 2.52. The molecule has 2 aliphatic carbocycles. The van der Waals surface area contributed by atoms with Gasteiger partial charge in [0.1, 0.15) is 5.54 Å². The number of nitrogens with two attached hydrogens (primary N) is 1. The van der Waals surface area contributed by atoms with Gasteiger partial charge in [0.2, 0.25) is 5.91 Å². The topological polar surface area (TPSA) is 58.4 Å². The van der Waals surface area contributed by atoms with E-state index in [1.165, 1.54) is 12.8 Å². The fourth-order valence-electron chi connectivity index (χ4n) is 2.70. The SMILES string of the molecule is CCCN(C)CC(NC1CC1)(C(N)=O)C1CC1. The molecule has 4 nitrogen and oxygen atoms in total. The lowest BCUT2D eigenvalue weighted by Crippen LogP contribution is -2.63. The summed E-state index contributed by atoms with van der Waals surface area (Å²) in [6.07, 6.45) is 5.78. The van der Waals surface area contributed by atoms with Crippen molar-refractivity contribution in [2.24, 2.45) is 11.7 Å². The molecule has 0 heterocycles. The molecule has 1 unspecified atom stereocenters. The van der Waals surface area contributed by atoms with Crippen LogP contribution in [0.3, 0.4) is 0 Å². The molecule has 2 fully saturated rings. The minimum Gasteiger partial charge on any atom is -0.368 e. The molecular formula is C13H25N3O. The van der Waals surface area contributed by atoms with Gasteiger partial charge in [-0.25, -0.2) is 0 Å². The van der Waals surface area contributed by atoms with Crippen LogP contribution in [0.2, 0.25) is 0 Å². The molecule has 4 heteroatoms. The van der Waals surface area contributed by atoms with Crippen molar-refractivity contribution in [3.63, 3.8) is 0 Å². The van der Waals surface area contributed by atoms with E-state index in [0.717, 1.165) is 32.4 Å². The van der Waals surface area contributed by atoms with E-state index in [0.29, 0.717) is 12.0 Å². The minimum atomic E-state index is -0.467. The molecule has 0 aliphatic heterocycles. The summed E-state index contributed by atoms with van der Waals surface area (Å²) in [5, 5.41) is 3.54. The third-order valence-electron chi connectivity index (χ3n) is 3.88. The van der Waals surface area contributed by atoms with Crippen molar-refractivity contribution in [3.8, 4) is 0 Å². The lowest BCUT2D eigenvalue weighted by Gasteiger charge is -2.36. The lowest BCUT2D eigenvalue weighted by atomic mass is 9.91. The number of nitrogens with zero attached hydrogens (tertiary/aromatic N) is 1. The summed E-state index contributed by atoms with van der Waals surface area (Å²) in [4.78, 5) is 14.2. The van der Waals surface area contributed by atoms with E-state index in [1.807, 2.05) is 0 Å². The first-order chi connectivity index (χ1) is 8.08. The van der Waals surface area contributed by atoms with Crippen LogP contribution in [0.4, 0.5) is 0 Å². The van der Waals surface area contributed by atoms with Crippen molar-refractivity contribution in [2.75, 3.05) is 20.1 Å². The number of hydrogen-bond donors (Lipinski definition) is 2. The number of hydrogen-bond acceptors (Lipinski definition) is 3. The van der Waals surface area contributed by atoms with Crippen LogP contribution in [0, 0.1) is 5.92 Å². The fraction of sp³-hybridized carbons (Fsp3) is 0.923. The molecule has 2 aliphatic rings. The van der Waals surface area contributed by atoms with Gasteiger partial charge >= 0.3 is 0 Å². The van der Waals surface area contributed by atoms with E-state index in [9.17, 15) is 4.79 Å². The molecule has 1 atom stereocenters. The predicted molar refractivity (Wildman–Crippen MR) is 68.6 cm³/mol. The quantitative estimate of drug-likeness (QED) is 0.656. The van der Waals surface area contributed by atoms with Crippen LogP contribution in [0.25, 0.3) is 0 Å². The first-order valence-corrected chi connectivity index (χ1v) is 6.84. The number of amides is 1. The first-order valence-electron chi connectivity index (χ1n) is 6.84. The zero-order chi connectivity index (χ0) is 12.5. The van der Waals surface area contributed by atoms with Crippen LogP contribution < -0.4 is 11.1 Å². The molecule has 0 aromatic heterocycles. The molecular weight excluding hydrogens is 214 g/mol. The van der Waals surface area contributed by atoms with Gasteiger partial charge in [-0.2, -0.15) is 0 Å². The largest absolute Gasteiger partial charge is 0.368 e. The van der Waals surface area contributed by atoms with Crippen molar-refractivity contribution in [3.05, 3.63) is 0 Å². The zero-order valence-corrected chi connectivity index (χ0v) is 11.0. The smallest absolute Gasteiger partial charge is 0.239 e. The predicted octanol–water partition coefficient (Wildman–Crippen LogP) is 0.714. The summed E-state index contributed by atoms with van der Waals surface area (Å²) < 4.78 is 0. The van der Waals surface area contributed by atoms with Gasteiger partial charge in [-0.15, -0.1) is 0 Å². The number of likely N-dealkylation sites (N-methyl/N-ethyl adjacent to an activating group) is 1. The Hall–Kier alpha value is -0.610. The first kappa shape index (κ1) is 12.8. The Kier molecular flexibility index (Phi) is 3.73. The Morgan fingerprint density at radius 2 is 2.06 bits per heavy atom. The van der Waals surface area contributed by atoms with Crippen molar-refractivity contribution >= 4 is 5.91 Å².